The lowest BCUT2D eigenvalue weighted by molar-refractivity contribution is -0.116. The Labute approximate surface area is 185 Å². The molecule has 0 N–H and O–H groups in total. The van der Waals surface area contributed by atoms with E-state index in [2.05, 4.69) is 16.7 Å². The number of halogens is 1. The summed E-state index contributed by atoms with van der Waals surface area (Å²) >= 11 is 7.64. The van der Waals surface area contributed by atoms with E-state index in [0.717, 1.165) is 27.4 Å². The lowest BCUT2D eigenvalue weighted by atomic mass is 10.2. The Bertz CT molecular complexity index is 1160. The molecule has 4 nitrogen and oxygen atoms in total. The zero-order chi connectivity index (χ0) is 20.9. The lowest BCUT2D eigenvalue weighted by Gasteiger charge is -2.20. The van der Waals surface area contributed by atoms with Gasteiger partial charge in [-0.25, -0.2) is 4.98 Å². The molecule has 0 aliphatic carbocycles. The molecule has 0 saturated carbocycles. The van der Waals surface area contributed by atoms with Crippen LogP contribution >= 0.6 is 23.4 Å². The molecule has 0 saturated heterocycles. The van der Waals surface area contributed by atoms with E-state index in [0.29, 0.717) is 23.9 Å². The van der Waals surface area contributed by atoms with Crippen LogP contribution in [0.5, 0.6) is 0 Å². The number of thioether (sulfide) groups is 1. The fourth-order valence-electron chi connectivity index (χ4n) is 3.45. The molecule has 4 aromatic rings. The van der Waals surface area contributed by atoms with Gasteiger partial charge in [-0.3, -0.25) is 4.79 Å². The minimum atomic E-state index is 0.0649. The normalized spacial score (nSPS) is 11.0. The molecule has 0 atom stereocenters. The zero-order valence-corrected chi connectivity index (χ0v) is 18.2. The molecule has 0 unspecified atom stereocenters. The maximum Gasteiger partial charge on any atom is 0.237 e. The number of nitrogens with zero attached hydrogens (tertiary/aromatic N) is 3. The highest BCUT2D eigenvalue weighted by Crippen LogP contribution is 2.26. The fraction of sp³-hybridized carbons (Fsp3) is 0.167. The van der Waals surface area contributed by atoms with Crippen molar-refractivity contribution in [2.75, 3.05) is 17.2 Å². The van der Waals surface area contributed by atoms with Crippen LogP contribution in [0.1, 0.15) is 12.5 Å². The molecular weight excluding hydrogens is 414 g/mol. The number of carbonyl (C=O) groups excluding carboxylic acids is 1. The smallest absolute Gasteiger partial charge is 0.237 e. The number of amides is 1. The van der Waals surface area contributed by atoms with E-state index < -0.39 is 0 Å². The van der Waals surface area contributed by atoms with Crippen molar-refractivity contribution in [1.29, 1.82) is 0 Å². The van der Waals surface area contributed by atoms with E-state index in [1.165, 1.54) is 11.8 Å². The molecule has 1 heterocycles. The standard InChI is InChI=1S/C24H22ClN3OS/c1-2-27(20-11-4-3-5-12-20)23(29)17-30-24-26-21-13-6-7-14-22(21)28(24)16-18-9-8-10-19(25)15-18/h3-15H,2,16-17H2,1H3. The second-order valence-electron chi connectivity index (χ2n) is 6.86. The number of anilines is 1. The van der Waals surface area contributed by atoms with E-state index in [-0.39, 0.29) is 5.91 Å². The van der Waals surface area contributed by atoms with Gasteiger partial charge in [0, 0.05) is 17.3 Å². The van der Waals surface area contributed by atoms with Gasteiger partial charge in [0.1, 0.15) is 0 Å². The number of hydrogen-bond acceptors (Lipinski definition) is 3. The first-order chi connectivity index (χ1) is 14.7. The number of rotatable bonds is 7. The van der Waals surface area contributed by atoms with Crippen molar-refractivity contribution >= 4 is 46.0 Å². The number of para-hydroxylation sites is 3. The highest BCUT2D eigenvalue weighted by atomic mass is 35.5. The molecule has 0 bridgehead atoms. The maximum atomic E-state index is 12.9. The van der Waals surface area contributed by atoms with E-state index in [1.54, 1.807) is 4.90 Å². The van der Waals surface area contributed by atoms with Gasteiger partial charge in [0.2, 0.25) is 5.91 Å². The number of imidazole rings is 1. The van der Waals surface area contributed by atoms with Crippen molar-refractivity contribution in [1.82, 2.24) is 9.55 Å². The van der Waals surface area contributed by atoms with Gasteiger partial charge < -0.3 is 9.47 Å². The van der Waals surface area contributed by atoms with E-state index in [9.17, 15) is 4.79 Å². The predicted octanol–water partition coefficient (Wildman–Crippen LogP) is 5.88. The second-order valence-corrected chi connectivity index (χ2v) is 8.24. The monoisotopic (exact) mass is 435 g/mol. The van der Waals surface area contributed by atoms with Gasteiger partial charge in [-0.1, -0.05) is 65.8 Å². The summed E-state index contributed by atoms with van der Waals surface area (Å²) in [7, 11) is 0. The van der Waals surface area contributed by atoms with Crippen LogP contribution in [0.15, 0.2) is 84.0 Å². The molecule has 3 aromatic carbocycles. The molecule has 6 heteroatoms. The molecule has 0 aliphatic heterocycles. The van der Waals surface area contributed by atoms with Gasteiger partial charge in [-0.2, -0.15) is 0 Å². The lowest BCUT2D eigenvalue weighted by Crippen LogP contribution is -2.32. The molecule has 152 valence electrons. The van der Waals surface area contributed by atoms with Crippen LogP contribution in [-0.2, 0) is 11.3 Å². The molecule has 0 aliphatic rings. The highest BCUT2D eigenvalue weighted by Gasteiger charge is 2.17. The molecular formula is C24H22ClN3OS. The summed E-state index contributed by atoms with van der Waals surface area (Å²) in [5, 5.41) is 1.54. The molecule has 1 aromatic heterocycles. The predicted molar refractivity (Wildman–Crippen MR) is 125 cm³/mol. The Morgan fingerprint density at radius 1 is 1.03 bits per heavy atom. The summed E-state index contributed by atoms with van der Waals surface area (Å²) in [5.74, 6) is 0.386. The van der Waals surface area contributed by atoms with Crippen LogP contribution in [-0.4, -0.2) is 27.8 Å². The molecule has 4 rings (SSSR count). The van der Waals surface area contributed by atoms with E-state index in [4.69, 9.17) is 16.6 Å². The van der Waals surface area contributed by atoms with Gasteiger partial charge in [0.25, 0.3) is 0 Å². The molecule has 1 amide bonds. The summed E-state index contributed by atoms with van der Waals surface area (Å²) in [6, 6.07) is 25.6. The Hall–Kier alpha value is -2.76. The highest BCUT2D eigenvalue weighted by molar-refractivity contribution is 7.99. The van der Waals surface area contributed by atoms with Crippen LogP contribution in [0, 0.1) is 0 Å². The van der Waals surface area contributed by atoms with Crippen LogP contribution in [0.25, 0.3) is 11.0 Å². The minimum Gasteiger partial charge on any atom is -0.314 e. The van der Waals surface area contributed by atoms with Gasteiger partial charge in [-0.15, -0.1) is 0 Å². The maximum absolute atomic E-state index is 12.9. The summed E-state index contributed by atoms with van der Waals surface area (Å²) in [5.41, 5.74) is 3.98. The summed E-state index contributed by atoms with van der Waals surface area (Å²) in [6.07, 6.45) is 0. The van der Waals surface area contributed by atoms with Crippen LogP contribution in [0.2, 0.25) is 5.02 Å². The second kappa shape index (κ2) is 9.37. The Morgan fingerprint density at radius 2 is 1.80 bits per heavy atom. The van der Waals surface area contributed by atoms with Crippen LogP contribution in [0.3, 0.4) is 0 Å². The van der Waals surface area contributed by atoms with Crippen molar-refractivity contribution in [3.8, 4) is 0 Å². The van der Waals surface area contributed by atoms with Gasteiger partial charge in [0.05, 0.1) is 23.3 Å². The average Bonchev–Trinajstić information content (AvgIpc) is 3.11. The van der Waals surface area contributed by atoms with Crippen molar-refractivity contribution < 1.29 is 4.79 Å². The van der Waals surface area contributed by atoms with E-state index in [1.807, 2.05) is 73.7 Å². The molecule has 0 fully saturated rings. The number of carbonyl (C=O) groups is 1. The molecule has 30 heavy (non-hydrogen) atoms. The SMILES string of the molecule is CCN(C(=O)CSc1nc2ccccc2n1Cc1cccc(Cl)c1)c1ccccc1. The van der Waals surface area contributed by atoms with Crippen molar-refractivity contribution in [3.05, 3.63) is 89.4 Å². The third-order valence-corrected chi connectivity index (χ3v) is 6.06. The first-order valence-corrected chi connectivity index (χ1v) is 11.2. The third kappa shape index (κ3) is 4.53. The summed E-state index contributed by atoms with van der Waals surface area (Å²) in [4.78, 5) is 19.5. The van der Waals surface area contributed by atoms with Gasteiger partial charge in [-0.05, 0) is 48.9 Å². The Balaban J connectivity index is 1.58. The van der Waals surface area contributed by atoms with Crippen molar-refractivity contribution in [2.45, 2.75) is 18.6 Å². The Kier molecular flexibility index (Phi) is 6.41. The van der Waals surface area contributed by atoms with Crippen LogP contribution < -0.4 is 4.90 Å². The first-order valence-electron chi connectivity index (χ1n) is 9.83. The Morgan fingerprint density at radius 3 is 2.57 bits per heavy atom. The number of fused-ring (bicyclic) bond motifs is 1. The number of hydrogen-bond donors (Lipinski definition) is 0. The number of benzene rings is 3. The fourth-order valence-corrected chi connectivity index (χ4v) is 4.55. The van der Waals surface area contributed by atoms with Crippen molar-refractivity contribution in [2.24, 2.45) is 0 Å². The minimum absolute atomic E-state index is 0.0649. The zero-order valence-electron chi connectivity index (χ0n) is 16.7. The van der Waals surface area contributed by atoms with Crippen LogP contribution in [0.4, 0.5) is 5.69 Å². The van der Waals surface area contributed by atoms with Gasteiger partial charge >= 0.3 is 0 Å². The summed E-state index contributed by atoms with van der Waals surface area (Å²) < 4.78 is 2.15. The van der Waals surface area contributed by atoms with Crippen molar-refractivity contribution in [3.63, 3.8) is 0 Å². The van der Waals surface area contributed by atoms with Gasteiger partial charge in [0.15, 0.2) is 5.16 Å². The average molecular weight is 436 g/mol. The number of aromatic nitrogens is 2. The molecule has 0 spiro atoms. The molecule has 0 radical (unpaired) electrons. The topological polar surface area (TPSA) is 38.1 Å². The quantitative estimate of drug-likeness (QED) is 0.340. The largest absolute Gasteiger partial charge is 0.314 e. The first kappa shape index (κ1) is 20.5. The third-order valence-electron chi connectivity index (χ3n) is 4.86. The summed E-state index contributed by atoms with van der Waals surface area (Å²) in [6.45, 7) is 3.26. The van der Waals surface area contributed by atoms with E-state index >= 15 is 0 Å².